The Kier molecular flexibility index (Phi) is 6.00. The molecule has 0 heterocycles. The molecular weight excluding hydrogens is 322 g/mol. The van der Waals surface area contributed by atoms with Gasteiger partial charge in [0.15, 0.2) is 6.61 Å². The fourth-order valence-corrected chi connectivity index (χ4v) is 2.23. The number of hydrogen-bond donors (Lipinski definition) is 1. The van der Waals surface area contributed by atoms with Crippen LogP contribution in [0.1, 0.15) is 21.5 Å². The molecule has 6 nitrogen and oxygen atoms in total. The number of nitrogens with one attached hydrogen (secondary N) is 1. The number of esters is 1. The van der Waals surface area contributed by atoms with Crippen molar-refractivity contribution in [2.45, 2.75) is 13.8 Å². The smallest absolute Gasteiger partial charge is 0.341 e. The van der Waals surface area contributed by atoms with E-state index in [1.807, 2.05) is 32.0 Å². The molecule has 6 heteroatoms. The summed E-state index contributed by atoms with van der Waals surface area (Å²) < 4.78 is 15.4. The number of aryl methyl sites for hydroxylation is 2. The fraction of sp³-hybridized carbons (Fsp3) is 0.263. The van der Waals surface area contributed by atoms with E-state index in [1.54, 1.807) is 6.07 Å². The summed E-state index contributed by atoms with van der Waals surface area (Å²) >= 11 is 0. The number of rotatable bonds is 6. The van der Waals surface area contributed by atoms with E-state index in [-0.39, 0.29) is 23.8 Å². The van der Waals surface area contributed by atoms with Crippen molar-refractivity contribution >= 4 is 17.6 Å². The molecule has 0 saturated carbocycles. The Morgan fingerprint density at radius 1 is 1.04 bits per heavy atom. The Balaban J connectivity index is 2.10. The van der Waals surface area contributed by atoms with Gasteiger partial charge in [-0.15, -0.1) is 0 Å². The highest BCUT2D eigenvalue weighted by atomic mass is 16.5. The molecule has 25 heavy (non-hydrogen) atoms. The number of hydrogen-bond acceptors (Lipinski definition) is 5. The molecule has 0 spiro atoms. The highest BCUT2D eigenvalue weighted by molar-refractivity contribution is 5.94. The molecule has 0 saturated heterocycles. The predicted octanol–water partition coefficient (Wildman–Crippen LogP) is 3.12. The van der Waals surface area contributed by atoms with E-state index in [4.69, 9.17) is 14.2 Å². The summed E-state index contributed by atoms with van der Waals surface area (Å²) in [6.45, 7) is 3.61. The van der Waals surface area contributed by atoms with E-state index >= 15 is 0 Å². The molecule has 2 aromatic carbocycles. The van der Waals surface area contributed by atoms with Gasteiger partial charge in [-0.2, -0.15) is 0 Å². The topological polar surface area (TPSA) is 73.9 Å². The van der Waals surface area contributed by atoms with Gasteiger partial charge in [0, 0.05) is 11.8 Å². The van der Waals surface area contributed by atoms with Crippen molar-refractivity contribution in [2.75, 3.05) is 26.1 Å². The van der Waals surface area contributed by atoms with Gasteiger partial charge >= 0.3 is 5.97 Å². The summed E-state index contributed by atoms with van der Waals surface area (Å²) in [5.41, 5.74) is 2.95. The molecular formula is C19H21NO5. The molecule has 1 N–H and O–H groups in total. The summed E-state index contributed by atoms with van der Waals surface area (Å²) in [7, 11) is 2.79. The molecule has 0 fully saturated rings. The van der Waals surface area contributed by atoms with E-state index in [9.17, 15) is 9.59 Å². The third kappa shape index (κ3) is 4.73. The fourth-order valence-electron chi connectivity index (χ4n) is 2.23. The Hall–Kier alpha value is -3.02. The van der Waals surface area contributed by atoms with Crippen molar-refractivity contribution in [3.05, 3.63) is 53.1 Å². The number of methoxy groups -OCH3 is 2. The maximum absolute atomic E-state index is 12.2. The molecule has 1 amide bonds. The minimum absolute atomic E-state index is 0.224. The summed E-state index contributed by atoms with van der Waals surface area (Å²) in [5.74, 6) is -0.139. The van der Waals surface area contributed by atoms with E-state index in [0.29, 0.717) is 5.75 Å². The molecule has 132 valence electrons. The Labute approximate surface area is 146 Å². The average molecular weight is 343 g/mol. The van der Waals surface area contributed by atoms with Crippen LogP contribution in [-0.2, 0) is 9.53 Å². The van der Waals surface area contributed by atoms with Crippen LogP contribution in [0.5, 0.6) is 11.5 Å². The zero-order valence-electron chi connectivity index (χ0n) is 14.7. The number of anilines is 1. The Bertz CT molecular complexity index is 785. The monoisotopic (exact) mass is 343 g/mol. The third-order valence-corrected chi connectivity index (χ3v) is 3.62. The lowest BCUT2D eigenvalue weighted by Crippen LogP contribution is -2.21. The second kappa shape index (κ2) is 8.19. The summed E-state index contributed by atoms with van der Waals surface area (Å²) in [5, 5.41) is 2.80. The molecule has 0 bridgehead atoms. The van der Waals surface area contributed by atoms with Crippen LogP contribution in [0, 0.1) is 13.8 Å². The van der Waals surface area contributed by atoms with Crippen molar-refractivity contribution in [3.63, 3.8) is 0 Å². The third-order valence-electron chi connectivity index (χ3n) is 3.62. The van der Waals surface area contributed by atoms with Crippen molar-refractivity contribution in [3.8, 4) is 11.5 Å². The first kappa shape index (κ1) is 18.3. The first-order chi connectivity index (χ1) is 11.9. The molecule has 0 aliphatic heterocycles. The minimum Gasteiger partial charge on any atom is -0.497 e. The van der Waals surface area contributed by atoms with E-state index in [1.165, 1.54) is 26.4 Å². The number of benzene rings is 2. The van der Waals surface area contributed by atoms with Crippen LogP contribution >= 0.6 is 0 Å². The van der Waals surface area contributed by atoms with Gasteiger partial charge in [0.25, 0.3) is 5.91 Å². The van der Waals surface area contributed by atoms with Crippen molar-refractivity contribution in [2.24, 2.45) is 0 Å². The standard InChI is InChI=1S/C19H21NO5/c1-12-5-6-13(2)16(9-12)20-18(21)11-25-17-10-14(23-3)7-8-15(17)19(22)24-4/h5-10H,11H2,1-4H3,(H,20,21). The van der Waals surface area contributed by atoms with Crippen molar-refractivity contribution in [1.82, 2.24) is 0 Å². The van der Waals surface area contributed by atoms with Gasteiger partial charge in [0.05, 0.1) is 14.2 Å². The van der Waals surface area contributed by atoms with Gasteiger partial charge in [-0.25, -0.2) is 4.79 Å². The van der Waals surface area contributed by atoms with Crippen LogP contribution in [0.3, 0.4) is 0 Å². The lowest BCUT2D eigenvalue weighted by molar-refractivity contribution is -0.118. The Morgan fingerprint density at radius 2 is 1.80 bits per heavy atom. The number of carbonyl (C=O) groups is 2. The zero-order chi connectivity index (χ0) is 18.4. The molecule has 0 radical (unpaired) electrons. The predicted molar refractivity (Wildman–Crippen MR) is 94.4 cm³/mol. The van der Waals surface area contributed by atoms with Gasteiger partial charge in [0.2, 0.25) is 0 Å². The van der Waals surface area contributed by atoms with Gasteiger partial charge in [-0.05, 0) is 43.2 Å². The van der Waals surface area contributed by atoms with Crippen LogP contribution in [0.15, 0.2) is 36.4 Å². The number of amides is 1. The normalized spacial score (nSPS) is 10.1. The maximum atomic E-state index is 12.2. The van der Waals surface area contributed by atoms with Crippen LogP contribution in [-0.4, -0.2) is 32.7 Å². The number of carbonyl (C=O) groups excluding carboxylic acids is 2. The second-order valence-electron chi connectivity index (χ2n) is 5.51. The van der Waals surface area contributed by atoms with Gasteiger partial charge in [0.1, 0.15) is 17.1 Å². The van der Waals surface area contributed by atoms with Crippen molar-refractivity contribution < 1.29 is 23.8 Å². The lowest BCUT2D eigenvalue weighted by Gasteiger charge is -2.13. The summed E-state index contributed by atoms with van der Waals surface area (Å²) in [6, 6.07) is 10.5. The SMILES string of the molecule is COC(=O)c1ccc(OC)cc1OCC(=O)Nc1cc(C)ccc1C. The summed E-state index contributed by atoms with van der Waals surface area (Å²) in [4.78, 5) is 24.0. The van der Waals surface area contributed by atoms with E-state index in [0.717, 1.165) is 16.8 Å². The first-order valence-electron chi connectivity index (χ1n) is 7.71. The highest BCUT2D eigenvalue weighted by Gasteiger charge is 2.15. The lowest BCUT2D eigenvalue weighted by atomic mass is 10.1. The molecule has 0 atom stereocenters. The molecule has 2 aromatic rings. The van der Waals surface area contributed by atoms with Gasteiger partial charge in [-0.3, -0.25) is 4.79 Å². The highest BCUT2D eigenvalue weighted by Crippen LogP contribution is 2.25. The van der Waals surface area contributed by atoms with Crippen LogP contribution in [0.2, 0.25) is 0 Å². The minimum atomic E-state index is -0.549. The largest absolute Gasteiger partial charge is 0.497 e. The first-order valence-corrected chi connectivity index (χ1v) is 7.71. The maximum Gasteiger partial charge on any atom is 0.341 e. The average Bonchev–Trinajstić information content (AvgIpc) is 2.62. The van der Waals surface area contributed by atoms with Crippen molar-refractivity contribution in [1.29, 1.82) is 0 Å². The molecule has 0 aliphatic carbocycles. The van der Waals surface area contributed by atoms with E-state index in [2.05, 4.69) is 5.32 Å². The molecule has 2 rings (SSSR count). The Morgan fingerprint density at radius 3 is 2.48 bits per heavy atom. The molecule has 0 unspecified atom stereocenters. The van der Waals surface area contributed by atoms with Crippen LogP contribution < -0.4 is 14.8 Å². The zero-order valence-corrected chi connectivity index (χ0v) is 14.7. The quantitative estimate of drug-likeness (QED) is 0.816. The molecule has 0 aromatic heterocycles. The second-order valence-corrected chi connectivity index (χ2v) is 5.51. The van der Waals surface area contributed by atoms with Gasteiger partial charge in [-0.1, -0.05) is 12.1 Å². The number of ether oxygens (including phenoxy) is 3. The summed E-state index contributed by atoms with van der Waals surface area (Å²) in [6.07, 6.45) is 0. The van der Waals surface area contributed by atoms with Gasteiger partial charge < -0.3 is 19.5 Å². The van der Waals surface area contributed by atoms with E-state index < -0.39 is 5.97 Å². The molecule has 0 aliphatic rings. The van der Waals surface area contributed by atoms with Crippen LogP contribution in [0.4, 0.5) is 5.69 Å². The van der Waals surface area contributed by atoms with Crippen LogP contribution in [0.25, 0.3) is 0 Å².